The smallest absolute Gasteiger partial charge is 0.272 e. The largest absolute Gasteiger partial charge is 0.337 e. The Morgan fingerprint density at radius 3 is 3.00 bits per heavy atom. The van der Waals surface area contributed by atoms with Crippen molar-refractivity contribution in [2.24, 2.45) is 5.92 Å². The fourth-order valence-corrected chi connectivity index (χ4v) is 3.64. The molecule has 1 aliphatic heterocycles. The zero-order valence-corrected chi connectivity index (χ0v) is 15.9. The molecule has 0 aliphatic carbocycles. The van der Waals surface area contributed by atoms with Crippen LogP contribution in [0.1, 0.15) is 41.1 Å². The lowest BCUT2D eigenvalue weighted by Gasteiger charge is -2.32. The molecule has 4 rings (SSSR count). The van der Waals surface area contributed by atoms with Crippen molar-refractivity contribution in [3.05, 3.63) is 59.9 Å². The van der Waals surface area contributed by atoms with E-state index in [4.69, 9.17) is 4.52 Å². The molecule has 1 atom stereocenters. The zero-order valence-electron chi connectivity index (χ0n) is 15.9. The molecule has 4 heterocycles. The average molecular weight is 377 g/mol. The van der Waals surface area contributed by atoms with E-state index >= 15 is 0 Å². The van der Waals surface area contributed by atoms with Gasteiger partial charge >= 0.3 is 0 Å². The number of nitrogens with zero attached hydrogens (tertiary/aromatic N) is 5. The van der Waals surface area contributed by atoms with E-state index in [9.17, 15) is 4.79 Å². The minimum absolute atomic E-state index is 0.0289. The number of aromatic nitrogens is 4. The first kappa shape index (κ1) is 18.3. The Hall–Kier alpha value is -3.09. The highest BCUT2D eigenvalue weighted by Crippen LogP contribution is 2.23. The molecule has 1 fully saturated rings. The van der Waals surface area contributed by atoms with Gasteiger partial charge in [0.2, 0.25) is 0 Å². The predicted molar refractivity (Wildman–Crippen MR) is 103 cm³/mol. The lowest BCUT2D eigenvalue weighted by Crippen LogP contribution is -2.40. The van der Waals surface area contributed by atoms with Crippen LogP contribution in [0.3, 0.4) is 0 Å². The summed E-state index contributed by atoms with van der Waals surface area (Å²) < 4.78 is 5.35. The summed E-state index contributed by atoms with van der Waals surface area (Å²) in [7, 11) is 0. The van der Waals surface area contributed by atoms with E-state index in [-0.39, 0.29) is 5.91 Å². The van der Waals surface area contributed by atoms with Crippen LogP contribution in [-0.2, 0) is 6.42 Å². The second-order valence-electron chi connectivity index (χ2n) is 7.22. The molecule has 1 aliphatic rings. The van der Waals surface area contributed by atoms with Crippen molar-refractivity contribution in [3.63, 3.8) is 0 Å². The van der Waals surface area contributed by atoms with Crippen LogP contribution in [0, 0.1) is 12.8 Å². The zero-order chi connectivity index (χ0) is 19.3. The third-order valence-electron chi connectivity index (χ3n) is 5.17. The van der Waals surface area contributed by atoms with Crippen molar-refractivity contribution in [3.8, 4) is 11.5 Å². The van der Waals surface area contributed by atoms with Crippen molar-refractivity contribution >= 4 is 5.91 Å². The Kier molecular flexibility index (Phi) is 5.41. The maximum Gasteiger partial charge on any atom is 0.272 e. The Morgan fingerprint density at radius 1 is 1.29 bits per heavy atom. The predicted octanol–water partition coefficient (Wildman–Crippen LogP) is 3.32. The summed E-state index contributed by atoms with van der Waals surface area (Å²) in [5.74, 6) is 1.65. The van der Waals surface area contributed by atoms with Gasteiger partial charge in [-0.3, -0.25) is 14.8 Å². The summed E-state index contributed by atoms with van der Waals surface area (Å²) in [6.45, 7) is 3.47. The average Bonchev–Trinajstić information content (AvgIpc) is 3.22. The molecule has 0 N–H and O–H groups in total. The summed E-state index contributed by atoms with van der Waals surface area (Å²) in [6.07, 6.45) is 8.88. The van der Waals surface area contributed by atoms with E-state index in [2.05, 4.69) is 20.1 Å². The first-order valence-corrected chi connectivity index (χ1v) is 9.64. The molecule has 3 aromatic rings. The number of aryl methyl sites for hydroxylation is 2. The van der Waals surface area contributed by atoms with Gasteiger partial charge in [0.25, 0.3) is 11.8 Å². The van der Waals surface area contributed by atoms with Gasteiger partial charge in [0.1, 0.15) is 5.69 Å². The summed E-state index contributed by atoms with van der Waals surface area (Å²) >= 11 is 0. The van der Waals surface area contributed by atoms with Crippen LogP contribution in [0.25, 0.3) is 11.5 Å². The molecular formula is C21H23N5O2. The number of carbonyl (C=O) groups excluding carboxylic acids is 1. The molecular weight excluding hydrogens is 354 g/mol. The van der Waals surface area contributed by atoms with Gasteiger partial charge in [-0.1, -0.05) is 11.2 Å². The Bertz CT molecular complexity index is 941. The van der Waals surface area contributed by atoms with Gasteiger partial charge in [-0.05, 0) is 55.9 Å². The van der Waals surface area contributed by atoms with E-state index in [0.29, 0.717) is 23.3 Å². The molecule has 0 saturated carbocycles. The van der Waals surface area contributed by atoms with E-state index in [1.807, 2.05) is 36.1 Å². The molecule has 1 unspecified atom stereocenters. The van der Waals surface area contributed by atoms with Crippen LogP contribution in [0.4, 0.5) is 0 Å². The quantitative estimate of drug-likeness (QED) is 0.678. The Morgan fingerprint density at radius 2 is 2.18 bits per heavy atom. The minimum atomic E-state index is 0.0289. The Labute approximate surface area is 163 Å². The number of piperidine rings is 1. The molecule has 1 saturated heterocycles. The van der Waals surface area contributed by atoms with Gasteiger partial charge < -0.3 is 9.42 Å². The second kappa shape index (κ2) is 8.29. The van der Waals surface area contributed by atoms with Crippen LogP contribution in [0.15, 0.2) is 47.4 Å². The lowest BCUT2D eigenvalue weighted by atomic mass is 9.93. The molecule has 3 aromatic heterocycles. The maximum atomic E-state index is 12.8. The number of rotatable bonds is 5. The highest BCUT2D eigenvalue weighted by Gasteiger charge is 2.26. The molecule has 0 aromatic carbocycles. The van der Waals surface area contributed by atoms with Crippen LogP contribution in [0.2, 0.25) is 0 Å². The van der Waals surface area contributed by atoms with Crippen molar-refractivity contribution in [1.29, 1.82) is 0 Å². The van der Waals surface area contributed by atoms with Crippen molar-refractivity contribution in [2.75, 3.05) is 13.1 Å². The van der Waals surface area contributed by atoms with Crippen LogP contribution in [0.5, 0.6) is 0 Å². The monoisotopic (exact) mass is 377 g/mol. The summed E-state index contributed by atoms with van der Waals surface area (Å²) in [5.41, 5.74) is 2.30. The normalized spacial score (nSPS) is 16.9. The van der Waals surface area contributed by atoms with Crippen LogP contribution >= 0.6 is 0 Å². The topological polar surface area (TPSA) is 85.0 Å². The first-order chi connectivity index (χ1) is 13.7. The van der Waals surface area contributed by atoms with Gasteiger partial charge in [0.15, 0.2) is 5.82 Å². The van der Waals surface area contributed by atoms with Gasteiger partial charge in [0, 0.05) is 38.1 Å². The summed E-state index contributed by atoms with van der Waals surface area (Å²) in [6, 6.07) is 7.53. The highest BCUT2D eigenvalue weighted by molar-refractivity contribution is 5.93. The number of likely N-dealkylation sites (tertiary alicyclic amines) is 1. The number of pyridine rings is 2. The molecule has 0 spiro atoms. The molecule has 7 nitrogen and oxygen atoms in total. The number of hydrogen-bond donors (Lipinski definition) is 0. The first-order valence-electron chi connectivity index (χ1n) is 9.64. The lowest BCUT2D eigenvalue weighted by molar-refractivity contribution is 0.0661. The second-order valence-corrected chi connectivity index (χ2v) is 7.22. The summed E-state index contributed by atoms with van der Waals surface area (Å²) in [5, 5.41) is 4.09. The minimum Gasteiger partial charge on any atom is -0.337 e. The standard InChI is InChI=1S/C21H23N5O2/c1-15-5-2-11-23-19(15)21(27)26-12-4-6-16(14-26)8-9-18-24-20(28-25-18)17-7-3-10-22-13-17/h2-3,5,7,10-11,13,16H,4,6,8-9,12,14H2,1H3. The third-order valence-corrected chi connectivity index (χ3v) is 5.17. The van der Waals surface area contributed by atoms with Gasteiger partial charge in [-0.15, -0.1) is 0 Å². The van der Waals surface area contributed by atoms with Crippen LogP contribution < -0.4 is 0 Å². The SMILES string of the molecule is Cc1cccnc1C(=O)N1CCCC(CCc2noc(-c3cccnc3)n2)C1. The Balaban J connectivity index is 1.35. The molecule has 0 radical (unpaired) electrons. The van der Waals surface area contributed by atoms with Crippen molar-refractivity contribution < 1.29 is 9.32 Å². The van der Waals surface area contributed by atoms with E-state index in [1.165, 1.54) is 0 Å². The van der Waals surface area contributed by atoms with Crippen molar-refractivity contribution in [2.45, 2.75) is 32.6 Å². The third kappa shape index (κ3) is 4.08. The van der Waals surface area contributed by atoms with Crippen molar-refractivity contribution in [1.82, 2.24) is 25.0 Å². The van der Waals surface area contributed by atoms with Crippen LogP contribution in [-0.4, -0.2) is 44.0 Å². The molecule has 28 heavy (non-hydrogen) atoms. The van der Waals surface area contributed by atoms with E-state index in [0.717, 1.165) is 49.9 Å². The molecule has 144 valence electrons. The number of carbonyl (C=O) groups is 1. The number of hydrogen-bond acceptors (Lipinski definition) is 6. The molecule has 0 bridgehead atoms. The van der Waals surface area contributed by atoms with Gasteiger partial charge in [-0.2, -0.15) is 4.98 Å². The fourth-order valence-electron chi connectivity index (χ4n) is 3.64. The van der Waals surface area contributed by atoms with E-state index < -0.39 is 0 Å². The highest BCUT2D eigenvalue weighted by atomic mass is 16.5. The molecule has 1 amide bonds. The maximum absolute atomic E-state index is 12.8. The van der Waals surface area contributed by atoms with Gasteiger partial charge in [0.05, 0.1) is 5.56 Å². The fraction of sp³-hybridized carbons (Fsp3) is 0.381. The van der Waals surface area contributed by atoms with Gasteiger partial charge in [-0.25, -0.2) is 0 Å². The molecule has 7 heteroatoms. The number of amides is 1. The summed E-state index contributed by atoms with van der Waals surface area (Å²) in [4.78, 5) is 27.6. The van der Waals surface area contributed by atoms with E-state index in [1.54, 1.807) is 18.6 Å².